The number of amides is 1. The van der Waals surface area contributed by atoms with Gasteiger partial charge in [0.2, 0.25) is 5.91 Å². The smallest absolute Gasteiger partial charge is 0.228 e. The number of rotatable bonds is 5. The molecule has 26 heavy (non-hydrogen) atoms. The largest absolute Gasteiger partial charge is 0.356 e. The van der Waals surface area contributed by atoms with E-state index in [1.165, 1.54) is 6.26 Å². The van der Waals surface area contributed by atoms with E-state index in [4.69, 9.17) is 4.52 Å². The number of aromatic nitrogens is 1. The van der Waals surface area contributed by atoms with Crippen LogP contribution in [0, 0.1) is 0 Å². The van der Waals surface area contributed by atoms with Crippen LogP contribution in [0.1, 0.15) is 24.2 Å². The molecule has 1 aromatic heterocycles. The molecule has 2 aromatic carbocycles. The normalized spacial score (nSPS) is 12.9. The number of benzene rings is 2. The Bertz CT molecular complexity index is 1040. The van der Waals surface area contributed by atoms with Crippen molar-refractivity contribution >= 4 is 26.7 Å². The van der Waals surface area contributed by atoms with E-state index in [0.29, 0.717) is 11.3 Å². The Hall–Kier alpha value is -2.67. The summed E-state index contributed by atoms with van der Waals surface area (Å²) in [5.41, 5.74) is 2.12. The van der Waals surface area contributed by atoms with Crippen LogP contribution in [0.5, 0.6) is 0 Å². The van der Waals surface area contributed by atoms with Crippen molar-refractivity contribution in [3.63, 3.8) is 0 Å². The van der Waals surface area contributed by atoms with Gasteiger partial charge in [-0.3, -0.25) is 4.79 Å². The molecular weight excluding hydrogens is 352 g/mol. The van der Waals surface area contributed by atoms with Gasteiger partial charge >= 0.3 is 0 Å². The first-order valence-electron chi connectivity index (χ1n) is 8.16. The zero-order valence-corrected chi connectivity index (χ0v) is 15.7. The Morgan fingerprint density at radius 1 is 1.15 bits per heavy atom. The third-order valence-electron chi connectivity index (χ3n) is 4.54. The predicted octanol–water partition coefficient (Wildman–Crippen LogP) is 2.99. The number of carbonyl (C=O) groups excluding carboxylic acids is 1. The molecule has 0 saturated carbocycles. The van der Waals surface area contributed by atoms with Gasteiger partial charge < -0.3 is 9.42 Å². The quantitative estimate of drug-likeness (QED) is 0.688. The van der Waals surface area contributed by atoms with Gasteiger partial charge in [-0.15, -0.1) is 0 Å². The van der Waals surface area contributed by atoms with E-state index in [9.17, 15) is 13.2 Å². The summed E-state index contributed by atoms with van der Waals surface area (Å²) in [5, 5.41) is 4.83. The molecule has 0 spiro atoms. The molecule has 0 aliphatic heterocycles. The van der Waals surface area contributed by atoms with Gasteiger partial charge in [0.15, 0.2) is 15.4 Å². The second-order valence-electron chi connectivity index (χ2n) is 6.32. The lowest BCUT2D eigenvalue weighted by molar-refractivity contribution is -0.131. The summed E-state index contributed by atoms with van der Waals surface area (Å²) in [6.45, 7) is 1.90. The summed E-state index contributed by atoms with van der Waals surface area (Å²) in [4.78, 5) is 14.5. The summed E-state index contributed by atoms with van der Waals surface area (Å²) in [7, 11) is -1.51. The lowest BCUT2D eigenvalue weighted by Crippen LogP contribution is -2.31. The first-order chi connectivity index (χ1) is 12.3. The molecule has 0 radical (unpaired) electrons. The molecule has 6 nitrogen and oxygen atoms in total. The molecule has 1 amide bonds. The SMILES string of the molecule is C[C@@H](c1ccc(S(C)(=O)=O)cc1)N(C)C(=O)Cc1noc2ccccc12. The van der Waals surface area contributed by atoms with Crippen molar-refractivity contribution in [1.29, 1.82) is 0 Å². The fourth-order valence-electron chi connectivity index (χ4n) is 2.77. The van der Waals surface area contributed by atoms with Crippen molar-refractivity contribution in [1.82, 2.24) is 10.1 Å². The van der Waals surface area contributed by atoms with E-state index in [-0.39, 0.29) is 23.3 Å². The summed E-state index contributed by atoms with van der Waals surface area (Å²) in [6.07, 6.45) is 1.31. The van der Waals surface area contributed by atoms with Crippen molar-refractivity contribution in [3.8, 4) is 0 Å². The Balaban J connectivity index is 1.75. The number of fused-ring (bicyclic) bond motifs is 1. The van der Waals surface area contributed by atoms with Crippen molar-refractivity contribution in [2.45, 2.75) is 24.3 Å². The highest BCUT2D eigenvalue weighted by molar-refractivity contribution is 7.90. The Kier molecular flexibility index (Phi) is 4.82. The maximum atomic E-state index is 12.6. The number of hydrogen-bond donors (Lipinski definition) is 0. The standard InChI is InChI=1S/C19H20N2O4S/c1-13(14-8-10-15(11-9-14)26(3,23)24)21(2)19(22)12-17-16-6-4-5-7-18(16)25-20-17/h4-11,13H,12H2,1-3H3/t13-/m0/s1. The van der Waals surface area contributed by atoms with Crippen LogP contribution < -0.4 is 0 Å². The van der Waals surface area contributed by atoms with E-state index in [2.05, 4.69) is 5.16 Å². The van der Waals surface area contributed by atoms with Crippen LogP contribution in [-0.4, -0.2) is 37.7 Å². The lowest BCUT2D eigenvalue weighted by Gasteiger charge is -2.25. The van der Waals surface area contributed by atoms with Gasteiger partial charge in [0.05, 0.1) is 17.4 Å². The topological polar surface area (TPSA) is 80.5 Å². The van der Waals surface area contributed by atoms with E-state index in [1.54, 1.807) is 36.2 Å². The van der Waals surface area contributed by atoms with Crippen LogP contribution in [0.15, 0.2) is 57.9 Å². The Morgan fingerprint density at radius 3 is 2.46 bits per heavy atom. The molecule has 0 aliphatic carbocycles. The number of likely N-dealkylation sites (N-methyl/N-ethyl adjacent to an activating group) is 1. The molecule has 0 unspecified atom stereocenters. The predicted molar refractivity (Wildman–Crippen MR) is 98.4 cm³/mol. The number of hydrogen-bond acceptors (Lipinski definition) is 5. The number of nitrogens with zero attached hydrogens (tertiary/aromatic N) is 2. The van der Waals surface area contributed by atoms with Crippen LogP contribution in [0.2, 0.25) is 0 Å². The molecule has 1 atom stereocenters. The average Bonchev–Trinajstić information content (AvgIpc) is 3.03. The highest BCUT2D eigenvalue weighted by Gasteiger charge is 2.20. The molecule has 1 heterocycles. The third kappa shape index (κ3) is 3.62. The number of sulfone groups is 1. The summed E-state index contributed by atoms with van der Waals surface area (Å²) < 4.78 is 28.4. The van der Waals surface area contributed by atoms with Gasteiger partial charge in [0, 0.05) is 18.7 Å². The minimum absolute atomic E-state index is 0.0938. The first kappa shape index (κ1) is 18.1. The number of carbonyl (C=O) groups is 1. The average molecular weight is 372 g/mol. The van der Waals surface area contributed by atoms with Gasteiger partial charge in [-0.2, -0.15) is 0 Å². The Morgan fingerprint density at radius 2 is 1.81 bits per heavy atom. The summed E-state index contributed by atoms with van der Waals surface area (Å²) in [6, 6.07) is 13.8. The molecule has 7 heteroatoms. The van der Waals surface area contributed by atoms with Gasteiger partial charge in [-0.05, 0) is 36.8 Å². The minimum Gasteiger partial charge on any atom is -0.356 e. The van der Waals surface area contributed by atoms with E-state index in [0.717, 1.165) is 10.9 Å². The molecule has 0 fully saturated rings. The lowest BCUT2D eigenvalue weighted by atomic mass is 10.1. The van der Waals surface area contributed by atoms with Crippen molar-refractivity contribution < 1.29 is 17.7 Å². The first-order valence-corrected chi connectivity index (χ1v) is 10.1. The molecule has 136 valence electrons. The molecule has 3 aromatic rings. The van der Waals surface area contributed by atoms with Gasteiger partial charge in [-0.25, -0.2) is 8.42 Å². The molecular formula is C19H20N2O4S. The van der Waals surface area contributed by atoms with Crippen LogP contribution in [-0.2, 0) is 21.1 Å². The summed E-state index contributed by atoms with van der Waals surface area (Å²) in [5.74, 6) is -0.0938. The maximum Gasteiger partial charge on any atom is 0.228 e. The van der Waals surface area contributed by atoms with E-state index in [1.807, 2.05) is 31.2 Å². The second kappa shape index (κ2) is 6.92. The zero-order chi connectivity index (χ0) is 18.9. The maximum absolute atomic E-state index is 12.6. The van der Waals surface area contributed by atoms with Crippen molar-refractivity contribution in [3.05, 3.63) is 59.8 Å². The fourth-order valence-corrected chi connectivity index (χ4v) is 3.40. The van der Waals surface area contributed by atoms with Crippen LogP contribution in [0.3, 0.4) is 0 Å². The minimum atomic E-state index is -3.24. The highest BCUT2D eigenvalue weighted by atomic mass is 32.2. The molecule has 3 rings (SSSR count). The van der Waals surface area contributed by atoms with Crippen LogP contribution in [0.4, 0.5) is 0 Å². The molecule has 0 N–H and O–H groups in total. The summed E-state index contributed by atoms with van der Waals surface area (Å²) >= 11 is 0. The van der Waals surface area contributed by atoms with Gasteiger partial charge in [0.25, 0.3) is 0 Å². The van der Waals surface area contributed by atoms with E-state index >= 15 is 0 Å². The number of para-hydroxylation sites is 1. The molecule has 0 bridgehead atoms. The zero-order valence-electron chi connectivity index (χ0n) is 14.8. The molecule has 0 saturated heterocycles. The van der Waals surface area contributed by atoms with E-state index < -0.39 is 9.84 Å². The monoisotopic (exact) mass is 372 g/mol. The second-order valence-corrected chi connectivity index (χ2v) is 8.34. The van der Waals surface area contributed by atoms with Gasteiger partial charge in [-0.1, -0.05) is 29.4 Å². The third-order valence-corrected chi connectivity index (χ3v) is 5.66. The van der Waals surface area contributed by atoms with Crippen molar-refractivity contribution in [2.24, 2.45) is 0 Å². The van der Waals surface area contributed by atoms with Crippen LogP contribution in [0.25, 0.3) is 11.0 Å². The highest BCUT2D eigenvalue weighted by Crippen LogP contribution is 2.23. The molecule has 0 aliphatic rings. The van der Waals surface area contributed by atoms with Gasteiger partial charge in [0.1, 0.15) is 5.69 Å². The van der Waals surface area contributed by atoms with Crippen molar-refractivity contribution in [2.75, 3.05) is 13.3 Å². The Labute approximate surface area is 152 Å². The fraction of sp³-hybridized carbons (Fsp3) is 0.263. The van der Waals surface area contributed by atoms with Crippen LogP contribution >= 0.6 is 0 Å².